The van der Waals surface area contributed by atoms with Crippen molar-refractivity contribution >= 4 is 22.7 Å². The molecule has 0 aliphatic carbocycles. The highest BCUT2D eigenvalue weighted by Crippen LogP contribution is 2.14. The van der Waals surface area contributed by atoms with Gasteiger partial charge in [0.2, 0.25) is 5.78 Å². The van der Waals surface area contributed by atoms with Crippen molar-refractivity contribution in [2.75, 3.05) is 0 Å². The molecule has 2 aromatic carbocycles. The largest absolute Gasteiger partial charge is 0.450 e. The number of Topliss-reactive ketones (excluding diaryl/α,β-unsaturated/α-hetero) is 1. The van der Waals surface area contributed by atoms with Crippen LogP contribution in [0.3, 0.4) is 0 Å². The van der Waals surface area contributed by atoms with Gasteiger partial charge in [-0.1, -0.05) is 55.5 Å². The van der Waals surface area contributed by atoms with E-state index in [1.165, 1.54) is 0 Å². The van der Waals surface area contributed by atoms with Crippen LogP contribution in [0.1, 0.15) is 40.3 Å². The second-order valence-electron chi connectivity index (χ2n) is 5.85. The Morgan fingerprint density at radius 2 is 1.72 bits per heavy atom. The third-order valence-corrected chi connectivity index (χ3v) is 4.11. The second-order valence-corrected chi connectivity index (χ2v) is 5.85. The van der Waals surface area contributed by atoms with Crippen molar-refractivity contribution < 1.29 is 14.3 Å². The number of hydrogen-bond acceptors (Lipinski definition) is 4. The van der Waals surface area contributed by atoms with Crippen LogP contribution in [0.4, 0.5) is 0 Å². The first kappa shape index (κ1) is 16.8. The number of pyridine rings is 1. The van der Waals surface area contributed by atoms with E-state index >= 15 is 0 Å². The monoisotopic (exact) mass is 333 g/mol. The van der Waals surface area contributed by atoms with Gasteiger partial charge in [0.15, 0.2) is 6.10 Å². The van der Waals surface area contributed by atoms with Crippen molar-refractivity contribution in [3.63, 3.8) is 0 Å². The normalized spacial score (nSPS) is 11.9. The Morgan fingerprint density at radius 3 is 2.44 bits per heavy atom. The van der Waals surface area contributed by atoms with Crippen molar-refractivity contribution in [2.45, 2.75) is 26.4 Å². The van der Waals surface area contributed by atoms with Gasteiger partial charge in [0.05, 0.1) is 5.52 Å². The number of aryl methyl sites for hydroxylation is 1. The van der Waals surface area contributed by atoms with Gasteiger partial charge in [-0.25, -0.2) is 9.78 Å². The number of ketones is 1. The third-order valence-electron chi connectivity index (χ3n) is 4.11. The Labute approximate surface area is 146 Å². The molecule has 0 unspecified atom stereocenters. The predicted octanol–water partition coefficient (Wildman–Crippen LogP) is 4.23. The van der Waals surface area contributed by atoms with Crippen LogP contribution in [0.2, 0.25) is 0 Å². The minimum absolute atomic E-state index is 0.194. The van der Waals surface area contributed by atoms with Crippen molar-refractivity contribution in [3.05, 3.63) is 77.5 Å². The fraction of sp³-hybridized carbons (Fsp3) is 0.190. The number of rotatable bonds is 5. The molecule has 0 aliphatic rings. The van der Waals surface area contributed by atoms with Gasteiger partial charge in [-0.3, -0.25) is 4.79 Å². The molecule has 0 amide bonds. The summed E-state index contributed by atoms with van der Waals surface area (Å²) in [7, 11) is 0. The van der Waals surface area contributed by atoms with Gasteiger partial charge in [-0.05, 0) is 31.0 Å². The van der Waals surface area contributed by atoms with Crippen molar-refractivity contribution in [2.24, 2.45) is 0 Å². The first-order valence-corrected chi connectivity index (χ1v) is 8.28. The minimum Gasteiger partial charge on any atom is -0.450 e. The van der Waals surface area contributed by atoms with Crippen molar-refractivity contribution in [1.29, 1.82) is 0 Å². The summed E-state index contributed by atoms with van der Waals surface area (Å²) < 4.78 is 5.31. The summed E-state index contributed by atoms with van der Waals surface area (Å²) in [5.74, 6) is -0.825. The zero-order valence-corrected chi connectivity index (χ0v) is 14.2. The molecule has 3 aromatic rings. The molecule has 0 saturated carbocycles. The molecule has 0 radical (unpaired) electrons. The lowest BCUT2D eigenvalue weighted by Crippen LogP contribution is -2.24. The average Bonchev–Trinajstić information content (AvgIpc) is 2.67. The summed E-state index contributed by atoms with van der Waals surface area (Å²) in [6.45, 7) is 3.63. The van der Waals surface area contributed by atoms with E-state index in [0.29, 0.717) is 11.1 Å². The molecule has 25 heavy (non-hydrogen) atoms. The van der Waals surface area contributed by atoms with Gasteiger partial charge in [0, 0.05) is 10.9 Å². The smallest absolute Gasteiger partial charge is 0.357 e. The Hall–Kier alpha value is -3.01. The number of para-hydroxylation sites is 1. The summed E-state index contributed by atoms with van der Waals surface area (Å²) in [6.07, 6.45) is 0.0420. The molecule has 1 heterocycles. The summed E-state index contributed by atoms with van der Waals surface area (Å²) >= 11 is 0. The number of ether oxygens (including phenoxy) is 1. The van der Waals surface area contributed by atoms with E-state index < -0.39 is 12.1 Å². The molecule has 126 valence electrons. The van der Waals surface area contributed by atoms with Crippen molar-refractivity contribution in [3.8, 4) is 0 Å². The number of carbonyl (C=O) groups excluding carboxylic acids is 2. The molecule has 0 bridgehead atoms. The van der Waals surface area contributed by atoms with Crippen LogP contribution in [-0.4, -0.2) is 22.8 Å². The Balaban J connectivity index is 1.72. The van der Waals surface area contributed by atoms with Gasteiger partial charge in [0.25, 0.3) is 0 Å². The van der Waals surface area contributed by atoms with E-state index in [1.54, 1.807) is 25.1 Å². The number of aromatic nitrogens is 1. The molecule has 0 fully saturated rings. The van der Waals surface area contributed by atoms with Gasteiger partial charge in [-0.15, -0.1) is 0 Å². The molecule has 1 aromatic heterocycles. The highest BCUT2D eigenvalue weighted by molar-refractivity contribution is 6.01. The van der Waals surface area contributed by atoms with Gasteiger partial charge < -0.3 is 4.74 Å². The number of hydrogen-bond donors (Lipinski definition) is 0. The summed E-state index contributed by atoms with van der Waals surface area (Å²) in [5.41, 5.74) is 2.59. The maximum Gasteiger partial charge on any atom is 0.357 e. The molecular weight excluding hydrogens is 314 g/mol. The van der Waals surface area contributed by atoms with Crippen LogP contribution < -0.4 is 0 Å². The standard InChI is InChI=1S/C21H19NO3/c1-3-15-8-10-17(11-9-15)20(23)14(2)25-21(24)19-13-12-16-6-4-5-7-18(16)22-19/h4-14H,3H2,1-2H3/t14-/m0/s1. The Morgan fingerprint density at radius 1 is 1.00 bits per heavy atom. The maximum absolute atomic E-state index is 12.4. The second kappa shape index (κ2) is 7.26. The van der Waals surface area contributed by atoms with Crippen LogP contribution in [0.5, 0.6) is 0 Å². The molecule has 4 heteroatoms. The zero-order chi connectivity index (χ0) is 17.8. The van der Waals surface area contributed by atoms with Crippen LogP contribution >= 0.6 is 0 Å². The van der Waals surface area contributed by atoms with E-state index in [-0.39, 0.29) is 11.5 Å². The molecular formula is C21H19NO3. The van der Waals surface area contributed by atoms with E-state index in [2.05, 4.69) is 11.9 Å². The van der Waals surface area contributed by atoms with Crippen LogP contribution in [0, 0.1) is 0 Å². The Kier molecular flexibility index (Phi) is 4.89. The minimum atomic E-state index is -0.867. The van der Waals surface area contributed by atoms with Gasteiger partial charge in [-0.2, -0.15) is 0 Å². The zero-order valence-electron chi connectivity index (χ0n) is 14.2. The molecule has 1 atom stereocenters. The lowest BCUT2D eigenvalue weighted by atomic mass is 10.0. The first-order chi connectivity index (χ1) is 12.1. The molecule has 0 N–H and O–H groups in total. The number of nitrogens with zero attached hydrogens (tertiary/aromatic N) is 1. The van der Waals surface area contributed by atoms with Crippen LogP contribution in [0.25, 0.3) is 10.9 Å². The molecule has 0 aliphatic heterocycles. The molecule has 4 nitrogen and oxygen atoms in total. The number of carbonyl (C=O) groups is 2. The van der Waals surface area contributed by atoms with E-state index in [1.807, 2.05) is 42.5 Å². The SMILES string of the molecule is CCc1ccc(C(=O)[C@H](C)OC(=O)c2ccc3ccccc3n2)cc1. The first-order valence-electron chi connectivity index (χ1n) is 8.28. The number of fused-ring (bicyclic) bond motifs is 1. The number of esters is 1. The highest BCUT2D eigenvalue weighted by Gasteiger charge is 2.21. The van der Waals surface area contributed by atoms with Gasteiger partial charge in [0.1, 0.15) is 5.69 Å². The topological polar surface area (TPSA) is 56.3 Å². The van der Waals surface area contributed by atoms with Gasteiger partial charge >= 0.3 is 5.97 Å². The van der Waals surface area contributed by atoms with E-state index in [9.17, 15) is 9.59 Å². The summed E-state index contributed by atoms with van der Waals surface area (Å²) in [6, 6.07) is 18.3. The predicted molar refractivity (Wildman–Crippen MR) is 96.8 cm³/mol. The van der Waals surface area contributed by atoms with Crippen LogP contribution in [-0.2, 0) is 11.2 Å². The summed E-state index contributed by atoms with van der Waals surface area (Å²) in [4.78, 5) is 29.0. The van der Waals surface area contributed by atoms with Crippen molar-refractivity contribution in [1.82, 2.24) is 4.98 Å². The quantitative estimate of drug-likeness (QED) is 0.518. The van der Waals surface area contributed by atoms with E-state index in [4.69, 9.17) is 4.74 Å². The lowest BCUT2D eigenvalue weighted by Gasteiger charge is -2.12. The van der Waals surface area contributed by atoms with Crippen LogP contribution in [0.15, 0.2) is 60.7 Å². The average molecular weight is 333 g/mol. The summed E-state index contributed by atoms with van der Waals surface area (Å²) in [5, 5.41) is 0.944. The fourth-order valence-electron chi connectivity index (χ4n) is 2.59. The third kappa shape index (κ3) is 3.74. The molecule has 0 saturated heterocycles. The lowest BCUT2D eigenvalue weighted by molar-refractivity contribution is 0.0313. The highest BCUT2D eigenvalue weighted by atomic mass is 16.5. The number of benzene rings is 2. The molecule has 0 spiro atoms. The Bertz CT molecular complexity index is 916. The maximum atomic E-state index is 12.4. The fourth-order valence-corrected chi connectivity index (χ4v) is 2.59. The molecule has 3 rings (SSSR count). The van der Waals surface area contributed by atoms with E-state index in [0.717, 1.165) is 17.4 Å².